The summed E-state index contributed by atoms with van der Waals surface area (Å²) in [5.74, 6) is 3.21. The molecule has 4 nitrogen and oxygen atoms in total. The van der Waals surface area contributed by atoms with E-state index < -0.39 is 0 Å². The Morgan fingerprint density at radius 3 is 2.44 bits per heavy atom. The van der Waals surface area contributed by atoms with E-state index in [2.05, 4.69) is 40.3 Å². The van der Waals surface area contributed by atoms with E-state index >= 15 is 0 Å². The normalized spacial score (nSPS) is 27.4. The van der Waals surface area contributed by atoms with Gasteiger partial charge in [0.25, 0.3) is 0 Å². The second kappa shape index (κ2) is 8.50. The predicted molar refractivity (Wildman–Crippen MR) is 133 cm³/mol. The maximum atomic E-state index is 12.7. The third-order valence-corrected chi connectivity index (χ3v) is 8.10. The highest BCUT2D eigenvalue weighted by Gasteiger charge is 2.55. The van der Waals surface area contributed by atoms with E-state index in [-0.39, 0.29) is 17.3 Å². The zero-order chi connectivity index (χ0) is 23.1. The number of carbonyl (C=O) groups excluding carboxylic acids is 1. The van der Waals surface area contributed by atoms with Crippen LogP contribution in [0.2, 0.25) is 0 Å². The summed E-state index contributed by atoms with van der Waals surface area (Å²) in [6.45, 7) is 2.48. The molecule has 2 unspecified atom stereocenters. The molecule has 0 aliphatic heterocycles. The molecule has 0 saturated heterocycles. The van der Waals surface area contributed by atoms with Crippen molar-refractivity contribution in [1.82, 2.24) is 9.97 Å². The number of allylic oxidation sites excluding steroid dienone is 1. The summed E-state index contributed by atoms with van der Waals surface area (Å²) in [5.41, 5.74) is 4.44. The lowest BCUT2D eigenvalue weighted by Crippen LogP contribution is -2.53. The first-order valence-electron chi connectivity index (χ1n) is 12.4. The number of ether oxygens (including phenoxy) is 1. The van der Waals surface area contributed by atoms with Gasteiger partial charge in [0.15, 0.2) is 5.82 Å². The van der Waals surface area contributed by atoms with Crippen LogP contribution >= 0.6 is 0 Å². The lowest BCUT2D eigenvalue weighted by molar-refractivity contribution is -0.142. The zero-order valence-corrected chi connectivity index (χ0v) is 19.6. The molecule has 2 aromatic carbocycles. The predicted octanol–water partition coefficient (Wildman–Crippen LogP) is 6.40. The van der Waals surface area contributed by atoms with Gasteiger partial charge in [-0.2, -0.15) is 0 Å². The van der Waals surface area contributed by atoms with Crippen LogP contribution in [0.15, 0.2) is 67.0 Å². The van der Waals surface area contributed by atoms with Crippen LogP contribution < -0.4 is 4.74 Å². The summed E-state index contributed by atoms with van der Waals surface area (Å²) in [6, 6.07) is 16.8. The topological polar surface area (TPSA) is 52.1 Å². The van der Waals surface area contributed by atoms with Crippen LogP contribution in [0.25, 0.3) is 17.5 Å². The SMILES string of the molecule is C/C=C/c1cnc(-c2ccc(C34CC5CC(C3)C(=O)C(C5)C4)cc2OCc2ccccc2)nc1. The number of nitrogens with zero attached hydrogens (tertiary/aromatic N) is 2. The molecule has 34 heavy (non-hydrogen) atoms. The highest BCUT2D eigenvalue weighted by Crippen LogP contribution is 2.59. The molecule has 7 rings (SSSR count). The minimum atomic E-state index is 0.102. The number of aromatic nitrogens is 2. The third kappa shape index (κ3) is 3.75. The maximum Gasteiger partial charge on any atom is 0.162 e. The minimum absolute atomic E-state index is 0.102. The Hall–Kier alpha value is -3.27. The molecule has 0 spiro atoms. The van der Waals surface area contributed by atoms with E-state index in [1.165, 1.54) is 12.0 Å². The first-order chi connectivity index (χ1) is 16.6. The Morgan fingerprint density at radius 1 is 1.00 bits per heavy atom. The van der Waals surface area contributed by atoms with E-state index in [1.807, 2.05) is 49.7 Å². The summed E-state index contributed by atoms with van der Waals surface area (Å²) in [4.78, 5) is 22.0. The van der Waals surface area contributed by atoms with Crippen molar-refractivity contribution in [3.8, 4) is 17.1 Å². The van der Waals surface area contributed by atoms with Gasteiger partial charge in [-0.05, 0) is 73.6 Å². The molecule has 4 aliphatic rings. The molecule has 4 fully saturated rings. The highest BCUT2D eigenvalue weighted by molar-refractivity contribution is 5.86. The number of carbonyl (C=O) groups is 1. The zero-order valence-electron chi connectivity index (χ0n) is 19.6. The molecule has 0 N–H and O–H groups in total. The molecule has 1 aromatic heterocycles. The average Bonchev–Trinajstić information content (AvgIpc) is 2.87. The average molecular weight is 451 g/mol. The highest BCUT2D eigenvalue weighted by atomic mass is 16.5. The molecule has 172 valence electrons. The number of benzene rings is 2. The van der Waals surface area contributed by atoms with Crippen molar-refractivity contribution >= 4 is 11.9 Å². The van der Waals surface area contributed by atoms with Gasteiger partial charge in [-0.25, -0.2) is 9.97 Å². The molecule has 1 heterocycles. The standard InChI is InChI=1S/C30H30N2O2/c1-2-6-21-17-31-29(32-18-21)26-10-9-25(13-27(26)34-19-20-7-4-3-5-8-20)30-14-22-11-23(15-30)28(33)24(12-22)16-30/h2-10,13,17-18,22-24H,11-12,14-16,19H2,1H3/b6-2+. The van der Waals surface area contributed by atoms with Gasteiger partial charge >= 0.3 is 0 Å². The molecule has 3 aromatic rings. The molecular weight excluding hydrogens is 420 g/mol. The molecule has 0 radical (unpaired) electrons. The van der Waals surface area contributed by atoms with Crippen molar-refractivity contribution in [3.63, 3.8) is 0 Å². The van der Waals surface area contributed by atoms with Gasteiger partial charge in [0, 0.05) is 29.8 Å². The number of ketones is 1. The quantitative estimate of drug-likeness (QED) is 0.436. The summed E-state index contributed by atoms with van der Waals surface area (Å²) in [6.07, 6.45) is 13.0. The molecule has 4 heteroatoms. The summed E-state index contributed by atoms with van der Waals surface area (Å²) in [7, 11) is 0. The van der Waals surface area contributed by atoms with Crippen LogP contribution in [-0.4, -0.2) is 15.8 Å². The lowest BCUT2D eigenvalue weighted by atomic mass is 9.47. The monoisotopic (exact) mass is 450 g/mol. The van der Waals surface area contributed by atoms with Crippen LogP contribution in [0.5, 0.6) is 5.75 Å². The minimum Gasteiger partial charge on any atom is -0.488 e. The fraction of sp³-hybridized carbons (Fsp3) is 0.367. The summed E-state index contributed by atoms with van der Waals surface area (Å²) in [5, 5.41) is 0. The Labute approximate surface area is 201 Å². The van der Waals surface area contributed by atoms with E-state index in [1.54, 1.807) is 0 Å². The number of Topliss-reactive ketones (excluding diaryl/α,β-unsaturated/α-hetero) is 1. The first-order valence-corrected chi connectivity index (χ1v) is 12.4. The Bertz CT molecular complexity index is 1210. The molecule has 0 amide bonds. The molecule has 2 atom stereocenters. The van der Waals surface area contributed by atoms with Gasteiger partial charge in [-0.15, -0.1) is 0 Å². The summed E-state index contributed by atoms with van der Waals surface area (Å²) >= 11 is 0. The van der Waals surface area contributed by atoms with Crippen molar-refractivity contribution in [1.29, 1.82) is 0 Å². The van der Waals surface area contributed by atoms with Gasteiger partial charge in [-0.3, -0.25) is 4.79 Å². The molecule has 4 aliphatic carbocycles. The fourth-order valence-electron chi connectivity index (χ4n) is 6.75. The van der Waals surface area contributed by atoms with E-state index in [0.717, 1.165) is 48.1 Å². The van der Waals surface area contributed by atoms with Crippen molar-refractivity contribution in [2.75, 3.05) is 0 Å². The fourth-order valence-corrected chi connectivity index (χ4v) is 6.75. The van der Waals surface area contributed by atoms with E-state index in [0.29, 0.717) is 24.1 Å². The largest absolute Gasteiger partial charge is 0.488 e. The second-order valence-electron chi connectivity index (χ2n) is 10.4. The van der Waals surface area contributed by atoms with Gasteiger partial charge in [0.1, 0.15) is 18.1 Å². The Kier molecular flexibility index (Phi) is 5.32. The van der Waals surface area contributed by atoms with Crippen molar-refractivity contribution in [3.05, 3.63) is 83.7 Å². The lowest BCUT2D eigenvalue weighted by Gasteiger charge is -2.56. The second-order valence-corrected chi connectivity index (χ2v) is 10.4. The van der Waals surface area contributed by atoms with Gasteiger partial charge in [0.2, 0.25) is 0 Å². The van der Waals surface area contributed by atoms with Crippen LogP contribution in [0.4, 0.5) is 0 Å². The molecule has 4 bridgehead atoms. The first kappa shape index (κ1) is 21.3. The van der Waals surface area contributed by atoms with Crippen LogP contribution in [0, 0.1) is 17.8 Å². The number of hydrogen-bond acceptors (Lipinski definition) is 4. The number of rotatable bonds is 6. The molecule has 4 saturated carbocycles. The molecular formula is C30H30N2O2. The summed E-state index contributed by atoms with van der Waals surface area (Å²) < 4.78 is 6.42. The van der Waals surface area contributed by atoms with Gasteiger partial charge < -0.3 is 4.74 Å². The Balaban J connectivity index is 1.37. The van der Waals surface area contributed by atoms with Gasteiger partial charge in [-0.1, -0.05) is 48.6 Å². The van der Waals surface area contributed by atoms with Crippen LogP contribution in [-0.2, 0) is 16.8 Å². The van der Waals surface area contributed by atoms with Crippen molar-refractivity contribution in [2.24, 2.45) is 17.8 Å². The van der Waals surface area contributed by atoms with Crippen molar-refractivity contribution < 1.29 is 9.53 Å². The smallest absolute Gasteiger partial charge is 0.162 e. The van der Waals surface area contributed by atoms with Crippen LogP contribution in [0.3, 0.4) is 0 Å². The van der Waals surface area contributed by atoms with E-state index in [4.69, 9.17) is 4.74 Å². The Morgan fingerprint density at radius 2 is 1.74 bits per heavy atom. The van der Waals surface area contributed by atoms with E-state index in [9.17, 15) is 4.79 Å². The van der Waals surface area contributed by atoms with Gasteiger partial charge in [0.05, 0.1) is 5.56 Å². The third-order valence-electron chi connectivity index (χ3n) is 8.10. The maximum absolute atomic E-state index is 12.7. The van der Waals surface area contributed by atoms with Crippen molar-refractivity contribution in [2.45, 2.75) is 51.0 Å². The number of hydrogen-bond donors (Lipinski definition) is 0. The van der Waals surface area contributed by atoms with Crippen LogP contribution in [0.1, 0.15) is 55.7 Å².